The second-order valence-electron chi connectivity index (χ2n) is 4.00. The number of carboxylic acids is 2. The van der Waals surface area contributed by atoms with Crippen LogP contribution < -0.4 is 10.6 Å². The maximum atomic E-state index is 11.7. The maximum absolute atomic E-state index is 11.7. The molecule has 0 bridgehead atoms. The number of carbonyl (C=O) groups is 3. The standard InChI is InChI=1S/C12H13ClN2O5/c1-6-7(13)3-2-4-8(6)14-12(20)15-9(11(18)19)5-10(16)17/h2-4,9H,5H2,1H3,(H,16,17)(H,18,19)(H2,14,15,20). The van der Waals surface area contributed by atoms with E-state index in [2.05, 4.69) is 10.6 Å². The average Bonchev–Trinajstić information content (AvgIpc) is 2.33. The lowest BCUT2D eigenvalue weighted by Gasteiger charge is -2.14. The Morgan fingerprint density at radius 2 is 1.95 bits per heavy atom. The SMILES string of the molecule is Cc1c(Cl)cccc1NC(=O)NC(CC(=O)O)C(=O)O. The summed E-state index contributed by atoms with van der Waals surface area (Å²) in [6, 6.07) is 2.53. The van der Waals surface area contributed by atoms with Crippen molar-refractivity contribution >= 4 is 35.3 Å². The van der Waals surface area contributed by atoms with E-state index in [-0.39, 0.29) is 0 Å². The summed E-state index contributed by atoms with van der Waals surface area (Å²) in [5.74, 6) is -2.75. The van der Waals surface area contributed by atoms with Crippen LogP contribution in [0.2, 0.25) is 5.02 Å². The van der Waals surface area contributed by atoms with Crippen molar-refractivity contribution in [1.29, 1.82) is 0 Å². The number of nitrogens with one attached hydrogen (secondary N) is 2. The van der Waals surface area contributed by atoms with E-state index in [0.29, 0.717) is 16.3 Å². The summed E-state index contributed by atoms with van der Waals surface area (Å²) < 4.78 is 0. The molecule has 1 rings (SSSR count). The lowest BCUT2D eigenvalue weighted by atomic mass is 10.2. The summed E-state index contributed by atoms with van der Waals surface area (Å²) in [5, 5.41) is 22.3. The van der Waals surface area contributed by atoms with Gasteiger partial charge in [0.25, 0.3) is 0 Å². The zero-order chi connectivity index (χ0) is 15.3. The Balaban J connectivity index is 2.73. The van der Waals surface area contributed by atoms with Crippen molar-refractivity contribution in [2.75, 3.05) is 5.32 Å². The molecule has 4 N–H and O–H groups in total. The lowest BCUT2D eigenvalue weighted by molar-refractivity contribution is -0.145. The van der Waals surface area contributed by atoms with E-state index in [4.69, 9.17) is 21.8 Å². The van der Waals surface area contributed by atoms with Gasteiger partial charge >= 0.3 is 18.0 Å². The number of amides is 2. The number of carbonyl (C=O) groups excluding carboxylic acids is 1. The number of halogens is 1. The monoisotopic (exact) mass is 300 g/mol. The van der Waals surface area contributed by atoms with Gasteiger partial charge in [0.2, 0.25) is 0 Å². The summed E-state index contributed by atoms with van der Waals surface area (Å²) in [7, 11) is 0. The second kappa shape index (κ2) is 6.76. The Morgan fingerprint density at radius 1 is 1.30 bits per heavy atom. The smallest absolute Gasteiger partial charge is 0.326 e. The van der Waals surface area contributed by atoms with Crippen molar-refractivity contribution in [2.24, 2.45) is 0 Å². The van der Waals surface area contributed by atoms with E-state index in [0.717, 1.165) is 0 Å². The van der Waals surface area contributed by atoms with Gasteiger partial charge in [-0.1, -0.05) is 17.7 Å². The van der Waals surface area contributed by atoms with Gasteiger partial charge < -0.3 is 20.8 Å². The molecule has 0 aromatic heterocycles. The van der Waals surface area contributed by atoms with Crippen LogP contribution in [0.15, 0.2) is 18.2 Å². The molecule has 7 nitrogen and oxygen atoms in total. The average molecular weight is 301 g/mol. The zero-order valence-electron chi connectivity index (χ0n) is 10.5. The fraction of sp³-hybridized carbons (Fsp3) is 0.250. The van der Waals surface area contributed by atoms with Crippen molar-refractivity contribution in [3.8, 4) is 0 Å². The first kappa shape index (κ1) is 15.8. The van der Waals surface area contributed by atoms with Crippen LogP contribution in [-0.2, 0) is 9.59 Å². The van der Waals surface area contributed by atoms with Crippen LogP contribution in [0.5, 0.6) is 0 Å². The lowest BCUT2D eigenvalue weighted by Crippen LogP contribution is -2.44. The van der Waals surface area contributed by atoms with Gasteiger partial charge in [-0.2, -0.15) is 0 Å². The molecule has 0 radical (unpaired) electrons. The van der Waals surface area contributed by atoms with Crippen molar-refractivity contribution in [3.63, 3.8) is 0 Å². The van der Waals surface area contributed by atoms with E-state index in [1.54, 1.807) is 25.1 Å². The highest BCUT2D eigenvalue weighted by atomic mass is 35.5. The Morgan fingerprint density at radius 3 is 2.50 bits per heavy atom. The summed E-state index contributed by atoms with van der Waals surface area (Å²) in [6.45, 7) is 1.68. The van der Waals surface area contributed by atoms with Crippen LogP contribution in [0.3, 0.4) is 0 Å². The molecule has 0 heterocycles. The molecule has 108 valence electrons. The molecular formula is C12H13ClN2O5. The van der Waals surface area contributed by atoms with Gasteiger partial charge in [0.15, 0.2) is 0 Å². The van der Waals surface area contributed by atoms with Gasteiger partial charge in [0.05, 0.1) is 6.42 Å². The summed E-state index contributed by atoms with van der Waals surface area (Å²) in [5.41, 5.74) is 1.03. The van der Waals surface area contributed by atoms with E-state index < -0.39 is 30.4 Å². The molecule has 0 aliphatic heterocycles. The van der Waals surface area contributed by atoms with E-state index >= 15 is 0 Å². The number of urea groups is 1. The maximum Gasteiger partial charge on any atom is 0.326 e. The van der Waals surface area contributed by atoms with Gasteiger partial charge in [-0.05, 0) is 24.6 Å². The van der Waals surface area contributed by atoms with Crippen molar-refractivity contribution in [1.82, 2.24) is 5.32 Å². The van der Waals surface area contributed by atoms with Gasteiger partial charge in [0.1, 0.15) is 6.04 Å². The summed E-state index contributed by atoms with van der Waals surface area (Å²) >= 11 is 5.88. The third-order valence-corrected chi connectivity index (χ3v) is 2.91. The van der Waals surface area contributed by atoms with Crippen molar-refractivity contribution in [3.05, 3.63) is 28.8 Å². The van der Waals surface area contributed by atoms with Crippen LogP contribution in [0.4, 0.5) is 10.5 Å². The number of anilines is 1. The second-order valence-corrected chi connectivity index (χ2v) is 4.41. The van der Waals surface area contributed by atoms with E-state index in [9.17, 15) is 14.4 Å². The van der Waals surface area contributed by atoms with Crippen LogP contribution >= 0.6 is 11.6 Å². The molecular weight excluding hydrogens is 288 g/mol. The predicted octanol–water partition coefficient (Wildman–Crippen LogP) is 1.70. The first-order valence-electron chi connectivity index (χ1n) is 5.58. The Bertz CT molecular complexity index is 547. The predicted molar refractivity (Wildman–Crippen MR) is 72.0 cm³/mol. The van der Waals surface area contributed by atoms with Crippen LogP contribution in [-0.4, -0.2) is 34.2 Å². The summed E-state index contributed by atoms with van der Waals surface area (Å²) in [6.07, 6.45) is -0.711. The molecule has 0 aliphatic rings. The van der Waals surface area contributed by atoms with Crippen LogP contribution in [0.1, 0.15) is 12.0 Å². The molecule has 1 unspecified atom stereocenters. The minimum Gasteiger partial charge on any atom is -0.481 e. The van der Waals surface area contributed by atoms with Gasteiger partial charge in [-0.25, -0.2) is 9.59 Å². The van der Waals surface area contributed by atoms with Crippen molar-refractivity contribution < 1.29 is 24.6 Å². The molecule has 1 aromatic rings. The Kier molecular flexibility index (Phi) is 5.33. The van der Waals surface area contributed by atoms with Crippen LogP contribution in [0.25, 0.3) is 0 Å². The molecule has 1 atom stereocenters. The molecule has 8 heteroatoms. The third kappa shape index (κ3) is 4.43. The summed E-state index contributed by atoms with van der Waals surface area (Å²) in [4.78, 5) is 33.0. The molecule has 20 heavy (non-hydrogen) atoms. The fourth-order valence-electron chi connectivity index (χ4n) is 1.43. The van der Waals surface area contributed by atoms with Gasteiger partial charge in [-0.3, -0.25) is 4.79 Å². The minimum atomic E-state index is -1.51. The number of carboxylic acid groups (broad SMARTS) is 2. The Labute approximate surface area is 119 Å². The Hall–Kier alpha value is -2.28. The fourth-order valence-corrected chi connectivity index (χ4v) is 1.61. The van der Waals surface area contributed by atoms with Gasteiger partial charge in [0, 0.05) is 10.7 Å². The topological polar surface area (TPSA) is 116 Å². The molecule has 0 aliphatic carbocycles. The molecule has 0 saturated carbocycles. The molecule has 0 saturated heterocycles. The first-order valence-corrected chi connectivity index (χ1v) is 5.96. The number of rotatable bonds is 5. The van der Waals surface area contributed by atoms with E-state index in [1.165, 1.54) is 0 Å². The number of benzene rings is 1. The zero-order valence-corrected chi connectivity index (χ0v) is 11.3. The minimum absolute atomic E-state index is 0.412. The largest absolute Gasteiger partial charge is 0.481 e. The highest BCUT2D eigenvalue weighted by Gasteiger charge is 2.23. The number of aliphatic carboxylic acids is 2. The quantitative estimate of drug-likeness (QED) is 0.660. The third-order valence-electron chi connectivity index (χ3n) is 2.50. The normalized spacial score (nSPS) is 11.5. The van der Waals surface area contributed by atoms with Crippen LogP contribution in [0, 0.1) is 6.92 Å². The molecule has 0 fully saturated rings. The van der Waals surface area contributed by atoms with Crippen molar-refractivity contribution in [2.45, 2.75) is 19.4 Å². The highest BCUT2D eigenvalue weighted by molar-refractivity contribution is 6.31. The molecule has 0 spiro atoms. The van der Waals surface area contributed by atoms with E-state index in [1.807, 2.05) is 0 Å². The van der Waals surface area contributed by atoms with Gasteiger partial charge in [-0.15, -0.1) is 0 Å². The highest BCUT2D eigenvalue weighted by Crippen LogP contribution is 2.22. The first-order chi connectivity index (χ1) is 9.31. The number of hydrogen-bond acceptors (Lipinski definition) is 3. The molecule has 2 amide bonds. The number of hydrogen-bond donors (Lipinski definition) is 4. The molecule has 1 aromatic carbocycles.